The molecule has 3 nitrogen and oxygen atoms in total. The molecule has 1 unspecified atom stereocenters. The maximum absolute atomic E-state index is 5.50. The molecule has 1 aromatic rings. The number of hydrogen-bond donors (Lipinski definition) is 2. The molecule has 2 heterocycles. The Kier molecular flexibility index (Phi) is 3.50. The van der Waals surface area contributed by atoms with Gasteiger partial charge in [-0.3, -0.25) is 0 Å². The Hall–Kier alpha value is -0.450. The van der Waals surface area contributed by atoms with E-state index in [2.05, 4.69) is 15.7 Å². The van der Waals surface area contributed by atoms with Crippen LogP contribution in [0.1, 0.15) is 36.0 Å². The Morgan fingerprint density at radius 3 is 3.21 bits per heavy atom. The number of hydrogen-bond acceptors (Lipinski definition) is 4. The molecule has 0 amide bonds. The standard InChI is InChI=1S/C10H17N3S/c11-5-4-10-13-9(7-14-10)8-3-1-2-6-12-8/h7-8,12H,1-6,11H2. The minimum Gasteiger partial charge on any atom is -0.330 e. The molecule has 1 fully saturated rings. The smallest absolute Gasteiger partial charge is 0.0941 e. The van der Waals surface area contributed by atoms with E-state index >= 15 is 0 Å². The van der Waals surface area contributed by atoms with E-state index in [-0.39, 0.29) is 0 Å². The molecule has 78 valence electrons. The average Bonchev–Trinajstić information content (AvgIpc) is 2.68. The molecule has 1 aromatic heterocycles. The van der Waals surface area contributed by atoms with Crippen LogP contribution in [0.3, 0.4) is 0 Å². The van der Waals surface area contributed by atoms with Gasteiger partial charge in [-0.2, -0.15) is 0 Å². The van der Waals surface area contributed by atoms with Crippen molar-refractivity contribution in [3.63, 3.8) is 0 Å². The molecule has 2 rings (SSSR count). The first-order chi connectivity index (χ1) is 6.90. The van der Waals surface area contributed by atoms with E-state index < -0.39 is 0 Å². The fourth-order valence-corrected chi connectivity index (χ4v) is 2.70. The highest BCUT2D eigenvalue weighted by Gasteiger charge is 2.16. The van der Waals surface area contributed by atoms with Crippen molar-refractivity contribution in [2.75, 3.05) is 13.1 Å². The summed E-state index contributed by atoms with van der Waals surface area (Å²) in [6, 6.07) is 0.492. The molecule has 0 spiro atoms. The Morgan fingerprint density at radius 2 is 2.50 bits per heavy atom. The Bertz CT molecular complexity index is 279. The molecule has 0 aromatic carbocycles. The van der Waals surface area contributed by atoms with Crippen molar-refractivity contribution in [1.82, 2.24) is 10.3 Å². The maximum Gasteiger partial charge on any atom is 0.0941 e. The third-order valence-corrected chi connectivity index (χ3v) is 3.52. The number of nitrogens with one attached hydrogen (secondary N) is 1. The molecular weight excluding hydrogens is 194 g/mol. The highest BCUT2D eigenvalue weighted by atomic mass is 32.1. The first-order valence-corrected chi connectivity index (χ1v) is 6.16. The van der Waals surface area contributed by atoms with E-state index in [0.29, 0.717) is 12.6 Å². The van der Waals surface area contributed by atoms with Gasteiger partial charge in [0.15, 0.2) is 0 Å². The quantitative estimate of drug-likeness (QED) is 0.796. The number of piperidine rings is 1. The third-order valence-electron chi connectivity index (χ3n) is 2.60. The van der Waals surface area contributed by atoms with Gasteiger partial charge in [-0.25, -0.2) is 4.98 Å². The van der Waals surface area contributed by atoms with Crippen LogP contribution >= 0.6 is 11.3 Å². The van der Waals surface area contributed by atoms with E-state index in [0.717, 1.165) is 13.0 Å². The van der Waals surface area contributed by atoms with Gasteiger partial charge < -0.3 is 11.1 Å². The predicted molar refractivity (Wildman–Crippen MR) is 59.5 cm³/mol. The summed E-state index contributed by atoms with van der Waals surface area (Å²) >= 11 is 1.74. The summed E-state index contributed by atoms with van der Waals surface area (Å²) in [4.78, 5) is 4.60. The molecule has 0 aliphatic carbocycles. The third kappa shape index (κ3) is 2.32. The molecule has 1 aliphatic heterocycles. The van der Waals surface area contributed by atoms with Gasteiger partial charge in [0.1, 0.15) is 0 Å². The van der Waals surface area contributed by atoms with Crippen LogP contribution < -0.4 is 11.1 Å². The maximum atomic E-state index is 5.50. The Labute approximate surface area is 88.7 Å². The number of nitrogens with two attached hydrogens (primary N) is 1. The van der Waals surface area contributed by atoms with Crippen molar-refractivity contribution in [1.29, 1.82) is 0 Å². The van der Waals surface area contributed by atoms with Crippen molar-refractivity contribution in [2.24, 2.45) is 5.73 Å². The molecule has 0 radical (unpaired) electrons. The molecular formula is C10H17N3S. The fraction of sp³-hybridized carbons (Fsp3) is 0.700. The molecule has 0 bridgehead atoms. The second-order valence-corrected chi connectivity index (χ2v) is 4.65. The van der Waals surface area contributed by atoms with Gasteiger partial charge in [-0.05, 0) is 25.9 Å². The van der Waals surface area contributed by atoms with Gasteiger partial charge in [0.25, 0.3) is 0 Å². The fourth-order valence-electron chi connectivity index (χ4n) is 1.83. The summed E-state index contributed by atoms with van der Waals surface area (Å²) < 4.78 is 0. The lowest BCUT2D eigenvalue weighted by Crippen LogP contribution is -2.27. The molecule has 1 saturated heterocycles. The van der Waals surface area contributed by atoms with E-state index in [9.17, 15) is 0 Å². The van der Waals surface area contributed by atoms with Gasteiger partial charge in [-0.15, -0.1) is 11.3 Å². The van der Waals surface area contributed by atoms with Gasteiger partial charge in [0.2, 0.25) is 0 Å². The topological polar surface area (TPSA) is 50.9 Å². The first-order valence-electron chi connectivity index (χ1n) is 5.28. The zero-order chi connectivity index (χ0) is 9.80. The van der Waals surface area contributed by atoms with Gasteiger partial charge in [-0.1, -0.05) is 6.42 Å². The molecule has 1 atom stereocenters. The molecule has 4 heteroatoms. The normalized spacial score (nSPS) is 22.5. The van der Waals surface area contributed by atoms with Crippen LogP contribution in [-0.4, -0.2) is 18.1 Å². The molecule has 14 heavy (non-hydrogen) atoms. The lowest BCUT2D eigenvalue weighted by atomic mass is 10.0. The van der Waals surface area contributed by atoms with Gasteiger partial charge in [0.05, 0.1) is 16.7 Å². The van der Waals surface area contributed by atoms with Crippen LogP contribution in [-0.2, 0) is 6.42 Å². The largest absolute Gasteiger partial charge is 0.330 e. The van der Waals surface area contributed by atoms with Crippen molar-refractivity contribution in [2.45, 2.75) is 31.7 Å². The Balaban J connectivity index is 2.00. The lowest BCUT2D eigenvalue weighted by molar-refractivity contribution is 0.406. The Morgan fingerprint density at radius 1 is 1.57 bits per heavy atom. The summed E-state index contributed by atoms with van der Waals surface area (Å²) in [5.74, 6) is 0. The second-order valence-electron chi connectivity index (χ2n) is 3.71. The highest BCUT2D eigenvalue weighted by molar-refractivity contribution is 7.09. The van der Waals surface area contributed by atoms with Crippen molar-refractivity contribution in [3.8, 4) is 0 Å². The monoisotopic (exact) mass is 211 g/mol. The summed E-state index contributed by atoms with van der Waals surface area (Å²) in [6.07, 6.45) is 4.76. The SMILES string of the molecule is NCCc1nc(C2CCCCN2)cs1. The van der Waals surface area contributed by atoms with E-state index in [1.54, 1.807) is 11.3 Å². The predicted octanol–water partition coefficient (Wildman–Crippen LogP) is 1.46. The van der Waals surface area contributed by atoms with Gasteiger partial charge >= 0.3 is 0 Å². The summed E-state index contributed by atoms with van der Waals surface area (Å²) in [5, 5.41) is 6.85. The minimum atomic E-state index is 0.492. The molecule has 1 aliphatic rings. The number of nitrogens with zero attached hydrogens (tertiary/aromatic N) is 1. The zero-order valence-electron chi connectivity index (χ0n) is 8.33. The second kappa shape index (κ2) is 4.87. The minimum absolute atomic E-state index is 0.492. The lowest BCUT2D eigenvalue weighted by Gasteiger charge is -2.21. The van der Waals surface area contributed by atoms with Crippen LogP contribution in [0.2, 0.25) is 0 Å². The van der Waals surface area contributed by atoms with E-state index in [1.165, 1.54) is 30.0 Å². The average molecular weight is 211 g/mol. The van der Waals surface area contributed by atoms with Gasteiger partial charge in [0, 0.05) is 11.8 Å². The zero-order valence-corrected chi connectivity index (χ0v) is 9.15. The number of rotatable bonds is 3. The van der Waals surface area contributed by atoms with Crippen LogP contribution in [0.15, 0.2) is 5.38 Å². The number of aromatic nitrogens is 1. The summed E-state index contributed by atoms with van der Waals surface area (Å²) in [5.41, 5.74) is 6.72. The van der Waals surface area contributed by atoms with E-state index in [1.807, 2.05) is 0 Å². The van der Waals surface area contributed by atoms with Crippen molar-refractivity contribution >= 4 is 11.3 Å². The van der Waals surface area contributed by atoms with Crippen LogP contribution in [0.5, 0.6) is 0 Å². The molecule has 3 N–H and O–H groups in total. The first kappa shape index (κ1) is 10.1. The van der Waals surface area contributed by atoms with Crippen LogP contribution in [0.25, 0.3) is 0 Å². The highest BCUT2D eigenvalue weighted by Crippen LogP contribution is 2.24. The van der Waals surface area contributed by atoms with E-state index in [4.69, 9.17) is 5.73 Å². The van der Waals surface area contributed by atoms with Crippen LogP contribution in [0, 0.1) is 0 Å². The van der Waals surface area contributed by atoms with Crippen molar-refractivity contribution in [3.05, 3.63) is 16.1 Å². The van der Waals surface area contributed by atoms with Crippen LogP contribution in [0.4, 0.5) is 0 Å². The summed E-state index contributed by atoms with van der Waals surface area (Å²) in [7, 11) is 0. The summed E-state index contributed by atoms with van der Waals surface area (Å²) in [6.45, 7) is 1.83. The van der Waals surface area contributed by atoms with Crippen molar-refractivity contribution < 1.29 is 0 Å². The number of thiazole rings is 1. The molecule has 0 saturated carbocycles.